The fourth-order valence-electron chi connectivity index (χ4n) is 2.53. The Morgan fingerprint density at radius 3 is 2.60 bits per heavy atom. The number of nitrogens with zero attached hydrogens (tertiary/aromatic N) is 1. The molecule has 0 bridgehead atoms. The average molecular weight is 296 g/mol. The summed E-state index contributed by atoms with van der Waals surface area (Å²) in [5, 5.41) is 4.67. The minimum atomic E-state index is -0.166. The van der Waals surface area contributed by atoms with Gasteiger partial charge in [0.2, 0.25) is 0 Å². The van der Waals surface area contributed by atoms with Crippen molar-refractivity contribution < 1.29 is 4.74 Å². The zero-order valence-corrected chi connectivity index (χ0v) is 14.5. The minimum Gasteiger partial charge on any atom is -0.368 e. The minimum absolute atomic E-state index is 0.0811. The highest BCUT2D eigenvalue weighted by Crippen LogP contribution is 2.40. The highest BCUT2D eigenvalue weighted by atomic mass is 32.1. The molecule has 1 aliphatic heterocycles. The van der Waals surface area contributed by atoms with Crippen LogP contribution in [0.5, 0.6) is 0 Å². The Kier molecular flexibility index (Phi) is 4.57. The number of nitrogens with one attached hydrogen (secondary N) is 1. The highest BCUT2D eigenvalue weighted by Gasteiger charge is 2.37. The number of thiazole rings is 1. The molecule has 1 aliphatic rings. The zero-order valence-electron chi connectivity index (χ0n) is 13.7. The van der Waals surface area contributed by atoms with E-state index in [1.54, 1.807) is 0 Å². The summed E-state index contributed by atoms with van der Waals surface area (Å²) >= 11 is 1.83. The lowest BCUT2D eigenvalue weighted by Gasteiger charge is -2.20. The number of rotatable bonds is 4. The summed E-state index contributed by atoms with van der Waals surface area (Å²) in [6, 6.07) is 0.492. The molecule has 1 unspecified atom stereocenters. The first kappa shape index (κ1) is 15.9. The molecule has 1 saturated heterocycles. The molecule has 0 aromatic carbocycles. The van der Waals surface area contributed by atoms with Crippen molar-refractivity contribution >= 4 is 11.3 Å². The molecule has 0 aliphatic carbocycles. The molecule has 114 valence electrons. The molecule has 0 spiro atoms. The van der Waals surface area contributed by atoms with Crippen LogP contribution >= 0.6 is 11.3 Å². The molecular formula is C16H28N2OS. The van der Waals surface area contributed by atoms with Gasteiger partial charge in [-0.2, -0.15) is 0 Å². The molecule has 1 atom stereocenters. The molecular weight excluding hydrogens is 268 g/mol. The second kappa shape index (κ2) is 5.74. The normalized spacial score (nSPS) is 23.8. The van der Waals surface area contributed by atoms with Crippen LogP contribution in [-0.2, 0) is 22.3 Å². The Hall–Kier alpha value is -0.450. The molecule has 0 amide bonds. The maximum atomic E-state index is 5.96. The summed E-state index contributed by atoms with van der Waals surface area (Å²) < 4.78 is 5.96. The van der Waals surface area contributed by atoms with Crippen molar-refractivity contribution in [2.24, 2.45) is 0 Å². The van der Waals surface area contributed by atoms with E-state index < -0.39 is 0 Å². The van der Waals surface area contributed by atoms with Crippen LogP contribution in [0.1, 0.15) is 70.0 Å². The number of aromatic nitrogens is 1. The van der Waals surface area contributed by atoms with Crippen LogP contribution in [0.3, 0.4) is 0 Å². The first-order chi connectivity index (χ1) is 9.22. The van der Waals surface area contributed by atoms with Crippen molar-refractivity contribution in [3.63, 3.8) is 0 Å². The highest BCUT2D eigenvalue weighted by molar-refractivity contribution is 7.11. The van der Waals surface area contributed by atoms with Gasteiger partial charge in [0, 0.05) is 29.5 Å². The van der Waals surface area contributed by atoms with Crippen LogP contribution in [0.15, 0.2) is 0 Å². The largest absolute Gasteiger partial charge is 0.368 e. The summed E-state index contributed by atoms with van der Waals surface area (Å²) in [5.41, 5.74) is 1.14. The Balaban J connectivity index is 2.31. The van der Waals surface area contributed by atoms with Crippen molar-refractivity contribution in [1.82, 2.24) is 10.3 Å². The Morgan fingerprint density at radius 2 is 2.10 bits per heavy atom. The molecule has 1 N–H and O–H groups in total. The topological polar surface area (TPSA) is 34.1 Å². The van der Waals surface area contributed by atoms with E-state index in [1.807, 2.05) is 11.3 Å². The van der Waals surface area contributed by atoms with Gasteiger partial charge >= 0.3 is 0 Å². The summed E-state index contributed by atoms with van der Waals surface area (Å²) in [6.45, 7) is 15.0. The molecule has 4 heteroatoms. The van der Waals surface area contributed by atoms with E-state index in [0.717, 1.165) is 31.0 Å². The molecule has 2 rings (SSSR count). The fraction of sp³-hybridized carbons (Fsp3) is 0.812. The Labute approximate surface area is 127 Å². The van der Waals surface area contributed by atoms with E-state index in [9.17, 15) is 0 Å². The Bertz CT molecular complexity index is 454. The molecule has 1 aromatic rings. The predicted octanol–water partition coefficient (Wildman–Crippen LogP) is 3.96. The molecule has 20 heavy (non-hydrogen) atoms. The van der Waals surface area contributed by atoms with Crippen molar-refractivity contribution in [3.05, 3.63) is 15.6 Å². The third-order valence-electron chi connectivity index (χ3n) is 3.75. The smallest absolute Gasteiger partial charge is 0.125 e. The van der Waals surface area contributed by atoms with Crippen LogP contribution < -0.4 is 5.32 Å². The predicted molar refractivity (Wildman–Crippen MR) is 85.3 cm³/mol. The maximum Gasteiger partial charge on any atom is 0.125 e. The van der Waals surface area contributed by atoms with Crippen LogP contribution in [0.4, 0.5) is 0 Å². The van der Waals surface area contributed by atoms with Gasteiger partial charge in [-0.1, -0.05) is 34.6 Å². The van der Waals surface area contributed by atoms with Crippen LogP contribution in [0.2, 0.25) is 0 Å². The van der Waals surface area contributed by atoms with E-state index in [0.29, 0.717) is 6.04 Å². The Morgan fingerprint density at radius 1 is 1.40 bits per heavy atom. The van der Waals surface area contributed by atoms with Crippen molar-refractivity contribution in [1.29, 1.82) is 0 Å². The van der Waals surface area contributed by atoms with Crippen molar-refractivity contribution in [2.75, 3.05) is 6.61 Å². The monoisotopic (exact) mass is 296 g/mol. The van der Waals surface area contributed by atoms with Gasteiger partial charge in [0.1, 0.15) is 10.6 Å². The van der Waals surface area contributed by atoms with Gasteiger partial charge < -0.3 is 10.1 Å². The lowest BCUT2D eigenvalue weighted by molar-refractivity contribution is 0.0164. The van der Waals surface area contributed by atoms with E-state index in [4.69, 9.17) is 9.72 Å². The first-order valence-corrected chi connectivity index (χ1v) is 8.42. The molecule has 2 heterocycles. The summed E-state index contributed by atoms with van der Waals surface area (Å²) in [4.78, 5) is 6.33. The third-order valence-corrected chi connectivity index (χ3v) is 5.05. The third kappa shape index (κ3) is 3.41. The van der Waals surface area contributed by atoms with E-state index in [1.165, 1.54) is 10.6 Å². The van der Waals surface area contributed by atoms with Crippen molar-refractivity contribution in [3.8, 4) is 0 Å². The lowest BCUT2D eigenvalue weighted by atomic mass is 9.91. The summed E-state index contributed by atoms with van der Waals surface area (Å²) in [6.07, 6.45) is 2.22. The second-order valence-corrected chi connectivity index (χ2v) is 8.34. The van der Waals surface area contributed by atoms with E-state index in [-0.39, 0.29) is 11.0 Å². The SMILES string of the molecule is CC(C)NCc1sc(C2(C)CCCO2)nc1C(C)(C)C. The van der Waals surface area contributed by atoms with Crippen LogP contribution in [-0.4, -0.2) is 17.6 Å². The number of hydrogen-bond donors (Lipinski definition) is 1. The van der Waals surface area contributed by atoms with Gasteiger partial charge in [0.25, 0.3) is 0 Å². The van der Waals surface area contributed by atoms with Crippen molar-refractivity contribution in [2.45, 2.75) is 78.0 Å². The summed E-state index contributed by atoms with van der Waals surface area (Å²) in [5.74, 6) is 0. The standard InChI is InChI=1S/C16H28N2OS/c1-11(2)17-10-12-13(15(3,4)5)18-14(20-12)16(6)8-7-9-19-16/h11,17H,7-10H2,1-6H3. The molecule has 3 nitrogen and oxygen atoms in total. The molecule has 0 radical (unpaired) electrons. The molecule has 1 fully saturated rings. The van der Waals surface area contributed by atoms with Crippen LogP contribution in [0.25, 0.3) is 0 Å². The van der Waals surface area contributed by atoms with Gasteiger partial charge in [-0.25, -0.2) is 4.98 Å². The quantitative estimate of drug-likeness (QED) is 0.913. The summed E-state index contributed by atoms with van der Waals surface area (Å²) in [7, 11) is 0. The van der Waals surface area contributed by atoms with Gasteiger partial charge in [-0.3, -0.25) is 0 Å². The lowest BCUT2D eigenvalue weighted by Crippen LogP contribution is -2.24. The zero-order chi connectivity index (χ0) is 15.0. The van der Waals surface area contributed by atoms with E-state index in [2.05, 4.69) is 46.9 Å². The number of ether oxygens (including phenoxy) is 1. The fourth-order valence-corrected chi connectivity index (χ4v) is 3.88. The van der Waals surface area contributed by atoms with Crippen LogP contribution in [0, 0.1) is 0 Å². The second-order valence-electron chi connectivity index (χ2n) is 7.26. The van der Waals surface area contributed by atoms with Gasteiger partial charge in [0.15, 0.2) is 0 Å². The van der Waals surface area contributed by atoms with Gasteiger partial charge in [-0.15, -0.1) is 11.3 Å². The average Bonchev–Trinajstić information content (AvgIpc) is 2.92. The van der Waals surface area contributed by atoms with Gasteiger partial charge in [-0.05, 0) is 19.8 Å². The van der Waals surface area contributed by atoms with Gasteiger partial charge in [0.05, 0.1) is 5.69 Å². The molecule has 0 saturated carbocycles. The maximum absolute atomic E-state index is 5.96. The first-order valence-electron chi connectivity index (χ1n) is 7.60. The van der Waals surface area contributed by atoms with E-state index >= 15 is 0 Å². The molecule has 1 aromatic heterocycles. The number of hydrogen-bond acceptors (Lipinski definition) is 4.